The minimum absolute atomic E-state index is 0.00785. The second-order valence-electron chi connectivity index (χ2n) is 31.0. The van der Waals surface area contributed by atoms with E-state index < -0.39 is 28.4 Å². The van der Waals surface area contributed by atoms with Crippen molar-refractivity contribution in [1.82, 2.24) is 14.8 Å². The molecule has 3 aliphatic carbocycles. The third-order valence-electron chi connectivity index (χ3n) is 20.1. The highest BCUT2D eigenvalue weighted by molar-refractivity contribution is 8.29. The summed E-state index contributed by atoms with van der Waals surface area (Å²) in [6.45, 7) is 22.9. The van der Waals surface area contributed by atoms with Crippen molar-refractivity contribution in [2.24, 2.45) is 17.2 Å². The number of nitrogens with zero attached hydrogens (tertiary/aromatic N) is 3. The lowest BCUT2D eigenvalue weighted by atomic mass is 9.98. The number of hydrogen-bond acceptors (Lipinski definition) is 24. The SMILES string of the molecule is CC(C)c1cc(-c2nnc(C(N)=O)n2-c2ccc3c(c2)CCC3)c(O)cc1O.CC(C)c1cc(C(=S)Nc2ccc3c(c2)CCC3)c(O)cc1O.CC(C)c1cc(C(=S)S(=O)C(=S)c2cc(C(C)C)c(O)cc2O)c(O)cc1O.CC(C)c1cc(C(=S)S)c(O)cc1O.CC(C)c1ccc(O)cc1O.NCC(=O)C(N)=O.Nc1ccc2c(c1)CCC2. The first kappa shape index (κ1) is 96.9. The summed E-state index contributed by atoms with van der Waals surface area (Å²) in [4.78, 5) is 32.1. The van der Waals surface area contributed by atoms with Crippen LogP contribution in [0.5, 0.6) is 69.0 Å². The predicted molar refractivity (Wildman–Crippen MR) is 496 cm³/mol. The molecule has 0 radical (unpaired) electrons. The Labute approximate surface area is 733 Å². The fraction of sp³-hybridized carbons (Fsp3) is 0.308. The minimum atomic E-state index is -2.01. The number of aromatic nitrogens is 3. The number of thiol groups is 1. The number of Topliss-reactive ketones (excluding diaryl/α,β-unsaturated/α-hetero) is 1. The van der Waals surface area contributed by atoms with Crippen LogP contribution in [0, 0.1) is 0 Å². The van der Waals surface area contributed by atoms with Gasteiger partial charge in [-0.25, -0.2) is 4.21 Å². The van der Waals surface area contributed by atoms with E-state index in [1.165, 1.54) is 95.5 Å². The van der Waals surface area contributed by atoms with E-state index in [4.69, 9.17) is 71.2 Å². The lowest BCUT2D eigenvalue weighted by Crippen LogP contribution is -2.29. The van der Waals surface area contributed by atoms with Gasteiger partial charge < -0.3 is 89.5 Å². The van der Waals surface area contributed by atoms with Crippen LogP contribution in [0.4, 0.5) is 11.4 Å². The average molecular weight is 1760 g/mol. The molecule has 3 aliphatic rings. The topological polar surface area (TPSA) is 458 Å². The highest BCUT2D eigenvalue weighted by Crippen LogP contribution is 2.42. The van der Waals surface area contributed by atoms with E-state index in [2.05, 4.69) is 58.1 Å². The maximum absolute atomic E-state index is 13.0. The van der Waals surface area contributed by atoms with Crippen LogP contribution in [-0.4, -0.2) is 122 Å². The second-order valence-corrected chi connectivity index (χ2v) is 35.2. The Hall–Kier alpha value is -11.3. The fourth-order valence-electron chi connectivity index (χ4n) is 13.5. The number of primary amides is 2. The van der Waals surface area contributed by atoms with Crippen LogP contribution >= 0.6 is 61.5 Å². The van der Waals surface area contributed by atoms with E-state index >= 15 is 0 Å². The van der Waals surface area contributed by atoms with Crippen LogP contribution in [-0.2, 0) is 58.9 Å². The van der Waals surface area contributed by atoms with Crippen LogP contribution in [0.2, 0.25) is 0 Å². The Morgan fingerprint density at radius 3 is 1.21 bits per heavy atom. The van der Waals surface area contributed by atoms with Crippen LogP contribution in [0.3, 0.4) is 0 Å². The molecule has 10 aromatic rings. The van der Waals surface area contributed by atoms with Gasteiger partial charge in [-0.3, -0.25) is 19.0 Å². The van der Waals surface area contributed by atoms with Crippen LogP contribution < -0.4 is 28.3 Å². The maximum atomic E-state index is 13.0. The number of nitrogens with two attached hydrogens (primary N) is 4. The van der Waals surface area contributed by atoms with Crippen molar-refractivity contribution < 1.29 is 79.9 Å². The molecular formula is C91H106N8O16S6. The van der Waals surface area contributed by atoms with Gasteiger partial charge in [0, 0.05) is 70.2 Å². The molecule has 1 aromatic heterocycles. The lowest BCUT2D eigenvalue weighted by molar-refractivity contribution is -0.135. The third-order valence-corrected chi connectivity index (χ3v) is 23.4. The van der Waals surface area contributed by atoms with Gasteiger partial charge in [0.1, 0.15) is 93.2 Å². The largest absolute Gasteiger partial charge is 0.508 e. The summed E-state index contributed by atoms with van der Waals surface area (Å²) in [5.74, 6) is -2.05. The minimum Gasteiger partial charge on any atom is -0.508 e. The second kappa shape index (κ2) is 43.3. The Morgan fingerprint density at radius 2 is 0.802 bits per heavy atom. The average Bonchev–Trinajstić information content (AvgIpc) is 1.62. The van der Waals surface area contributed by atoms with Crippen molar-refractivity contribution in [2.75, 3.05) is 17.6 Å². The molecule has 2 amide bonds. The monoisotopic (exact) mass is 1760 g/mol. The molecule has 0 spiro atoms. The quantitative estimate of drug-likeness (QED) is 0.0185. The summed E-state index contributed by atoms with van der Waals surface area (Å²) in [6, 6.07) is 37.5. The number of phenolic OH excluding ortho intramolecular Hbond substituents is 12. The number of aromatic hydroxyl groups is 12. The van der Waals surface area contributed by atoms with Gasteiger partial charge >= 0.3 is 0 Å². The number of benzene rings is 9. The molecular weight excluding hydrogens is 1650 g/mol. The highest BCUT2D eigenvalue weighted by atomic mass is 32.2. The molecule has 0 unspecified atom stereocenters. The molecule has 0 fully saturated rings. The van der Waals surface area contributed by atoms with Gasteiger partial charge in [-0.15, -0.1) is 22.8 Å². The Balaban J connectivity index is 0.000000204. The summed E-state index contributed by atoms with van der Waals surface area (Å²) in [7, 11) is -2.01. The van der Waals surface area contributed by atoms with Crippen LogP contribution in [0.25, 0.3) is 17.1 Å². The number of thiocarbonyl (C=S) groups is 4. The van der Waals surface area contributed by atoms with Crippen molar-refractivity contribution in [3.8, 4) is 86.1 Å². The number of nitrogen functional groups attached to an aromatic ring is 1. The van der Waals surface area contributed by atoms with Gasteiger partial charge in [-0.2, -0.15) is 0 Å². The van der Waals surface area contributed by atoms with E-state index in [1.54, 1.807) is 34.9 Å². The molecule has 9 aromatic carbocycles. The summed E-state index contributed by atoms with van der Waals surface area (Å²) in [6.07, 6.45) is 10.4. The number of amides is 2. The molecule has 21 N–H and O–H groups in total. The third kappa shape index (κ3) is 25.2. The molecule has 0 bridgehead atoms. The predicted octanol–water partition coefficient (Wildman–Crippen LogP) is 16.9. The van der Waals surface area contributed by atoms with Gasteiger partial charge in [0.25, 0.3) is 11.8 Å². The molecule has 642 valence electrons. The first-order valence-corrected chi connectivity index (χ1v) is 42.3. The number of anilines is 2. The maximum Gasteiger partial charge on any atom is 0.287 e. The number of fused-ring (bicyclic) bond motifs is 3. The number of ketones is 1. The van der Waals surface area contributed by atoms with E-state index in [1.807, 2.05) is 113 Å². The van der Waals surface area contributed by atoms with E-state index in [0.29, 0.717) is 54.1 Å². The van der Waals surface area contributed by atoms with Crippen molar-refractivity contribution in [1.29, 1.82) is 0 Å². The van der Waals surface area contributed by atoms with Gasteiger partial charge in [0.2, 0.25) is 11.6 Å². The normalized spacial score (nSPS) is 12.1. The number of hydrogen-bond donors (Lipinski definition) is 18. The number of rotatable bonds is 16. The molecule has 0 atom stereocenters. The summed E-state index contributed by atoms with van der Waals surface area (Å²) < 4.78 is 14.6. The molecule has 0 saturated heterocycles. The van der Waals surface area contributed by atoms with Crippen LogP contribution in [0.15, 0.2) is 133 Å². The van der Waals surface area contributed by atoms with Crippen molar-refractivity contribution in [3.05, 3.63) is 228 Å². The first-order chi connectivity index (χ1) is 56.8. The lowest BCUT2D eigenvalue weighted by Gasteiger charge is -2.15. The molecule has 30 heteroatoms. The fourth-order valence-corrected chi connectivity index (χ4v) is 16.1. The number of nitrogens with one attached hydrogen (secondary N) is 1. The molecule has 13 rings (SSSR count). The molecule has 0 aliphatic heterocycles. The van der Waals surface area contributed by atoms with Gasteiger partial charge in [0.05, 0.1) is 21.9 Å². The number of carbonyl (C=O) groups is 3. The molecule has 0 saturated carbocycles. The number of aryl methyl sites for hydroxylation is 6. The van der Waals surface area contributed by atoms with E-state index in [0.717, 1.165) is 72.3 Å². The molecule has 1 heterocycles. The summed E-state index contributed by atoms with van der Waals surface area (Å²) in [5.41, 5.74) is 37.0. The Bertz CT molecular complexity index is 5490. The van der Waals surface area contributed by atoms with Crippen molar-refractivity contribution in [3.63, 3.8) is 0 Å². The summed E-state index contributed by atoms with van der Waals surface area (Å²) >= 11 is 24.9. The van der Waals surface area contributed by atoms with E-state index in [-0.39, 0.29) is 136 Å². The zero-order valence-electron chi connectivity index (χ0n) is 69.4. The van der Waals surface area contributed by atoms with Gasteiger partial charge in [-0.05, 0) is 233 Å². The number of carbonyl (C=O) groups excluding carboxylic acids is 3. The van der Waals surface area contributed by atoms with E-state index in [9.17, 15) is 74.8 Å². The Kier molecular flexibility index (Phi) is 34.7. The zero-order valence-corrected chi connectivity index (χ0v) is 74.4. The standard InChI is InChI=1S/C21H22N4O3.C20H22O5S3.C19H21NO2S.C10H12O2S2.C9H11N.C9H12O2.C3H6N2O2/c1-11(2)15-9-16(18(27)10-17(15)26)20-23-24-21(19(22)28)25(20)14-7-6-12-4-3-5-13(12)8-14;1-9(2)11-5-13(17(23)7-15(11)21)19(26)28(25)20(27)14-6-12(10(3)4)16(22)8-18(14)24;1-11(2)15-9-16(18(22)10-17(15)21)19(23)20-14-7-6-12-4-3-5-13(12)8-14;1-5(2)6-3-7(10(13)14)9(12)4-8(6)11;10-9-5-4-7-2-1-3-8(7)6-9;1-6(2)8-4-3-7(10)5-9(8)11;4-1-2(6)3(5)7/h6-11,26-27H,3-5H2,1-2H3,(H2,22,28);5-10,21-24H,1-4H3;6-11,21-22H,3-5H2,1-2H3,(H,20,23);3-5,11-12H,1-2H3,(H,13,14);4-6H,1-3,10H2;3-6,10-11H,1-2H3;1,4H2,(H2,5,7). The Morgan fingerprint density at radius 1 is 0.430 bits per heavy atom. The first-order valence-electron chi connectivity index (χ1n) is 39.1. The summed E-state index contributed by atoms with van der Waals surface area (Å²) in [5, 5.41) is 130. The smallest absolute Gasteiger partial charge is 0.287 e. The van der Waals surface area contributed by atoms with Gasteiger partial charge in [0.15, 0.2) is 5.82 Å². The molecule has 24 nitrogen and oxygen atoms in total. The molecule has 121 heavy (non-hydrogen) atoms. The van der Waals surface area contributed by atoms with Crippen molar-refractivity contribution in [2.45, 2.75) is 176 Å². The number of phenols is 12. The zero-order chi connectivity index (χ0) is 90.0. The highest BCUT2D eigenvalue weighted by Gasteiger charge is 2.28. The van der Waals surface area contributed by atoms with Crippen molar-refractivity contribution >= 4 is 119 Å². The van der Waals surface area contributed by atoms with Crippen LogP contribution in [0.1, 0.15) is 237 Å². The van der Waals surface area contributed by atoms with Gasteiger partial charge in [-0.1, -0.05) is 156 Å².